The first-order valence-electron chi connectivity index (χ1n) is 7.01. The van der Waals surface area contributed by atoms with Gasteiger partial charge in [-0.2, -0.15) is 0 Å². The van der Waals surface area contributed by atoms with E-state index in [9.17, 15) is 4.79 Å². The largest absolute Gasteiger partial charge is 0.380 e. The Balaban J connectivity index is 1.74. The fourth-order valence-corrected chi connectivity index (χ4v) is 3.80. The van der Waals surface area contributed by atoms with Crippen molar-refractivity contribution in [2.75, 3.05) is 38.6 Å². The number of carbonyl (C=O) groups excluding carboxylic acids is 1. The summed E-state index contributed by atoms with van der Waals surface area (Å²) in [4.78, 5) is 14.0. The van der Waals surface area contributed by atoms with Crippen molar-refractivity contribution in [3.63, 3.8) is 0 Å². The van der Waals surface area contributed by atoms with Gasteiger partial charge in [0.25, 0.3) is 0 Å². The van der Waals surface area contributed by atoms with Crippen LogP contribution in [-0.2, 0) is 9.53 Å². The maximum atomic E-state index is 12.0. The zero-order valence-corrected chi connectivity index (χ0v) is 12.0. The molecule has 2 rings (SSSR count). The third kappa shape index (κ3) is 3.87. The van der Waals surface area contributed by atoms with Gasteiger partial charge in [-0.25, -0.2) is 0 Å². The molecule has 0 bridgehead atoms. The summed E-state index contributed by atoms with van der Waals surface area (Å²) in [5.41, 5.74) is 0. The number of thioether (sulfide) groups is 1. The standard InChI is InChI=1S/C13H24N2O2S/c1-2-14-11-5-8-17-9-12(11)18-10-13(16)15-6-3-4-7-15/h11-12,14H,2-10H2,1H3. The molecular weight excluding hydrogens is 248 g/mol. The zero-order chi connectivity index (χ0) is 12.8. The van der Waals surface area contributed by atoms with E-state index in [2.05, 4.69) is 12.2 Å². The van der Waals surface area contributed by atoms with Crippen molar-refractivity contribution < 1.29 is 9.53 Å². The Morgan fingerprint density at radius 3 is 2.94 bits per heavy atom. The molecule has 0 radical (unpaired) electrons. The molecule has 2 aliphatic heterocycles. The second-order valence-corrected chi connectivity index (χ2v) is 6.19. The number of amides is 1. The van der Waals surface area contributed by atoms with Gasteiger partial charge in [0.1, 0.15) is 0 Å². The normalized spacial score (nSPS) is 28.6. The van der Waals surface area contributed by atoms with Crippen LogP contribution in [-0.4, -0.2) is 60.7 Å². The predicted octanol–water partition coefficient (Wildman–Crippen LogP) is 1.11. The van der Waals surface area contributed by atoms with E-state index >= 15 is 0 Å². The van der Waals surface area contributed by atoms with Crippen LogP contribution in [0.3, 0.4) is 0 Å². The Morgan fingerprint density at radius 2 is 2.22 bits per heavy atom. The Morgan fingerprint density at radius 1 is 1.44 bits per heavy atom. The van der Waals surface area contributed by atoms with Crippen molar-refractivity contribution in [2.24, 2.45) is 0 Å². The van der Waals surface area contributed by atoms with E-state index in [1.165, 1.54) is 12.8 Å². The average Bonchev–Trinajstić information content (AvgIpc) is 2.92. The lowest BCUT2D eigenvalue weighted by Gasteiger charge is -2.31. The van der Waals surface area contributed by atoms with E-state index in [0.29, 0.717) is 23.0 Å². The molecule has 2 atom stereocenters. The third-order valence-electron chi connectivity index (χ3n) is 3.65. The average molecular weight is 272 g/mol. The molecule has 104 valence electrons. The summed E-state index contributed by atoms with van der Waals surface area (Å²) in [5.74, 6) is 0.911. The number of nitrogens with zero attached hydrogens (tertiary/aromatic N) is 1. The molecule has 0 spiro atoms. The van der Waals surface area contributed by atoms with Crippen molar-refractivity contribution in [3.8, 4) is 0 Å². The molecule has 18 heavy (non-hydrogen) atoms. The summed E-state index contributed by atoms with van der Waals surface area (Å²) in [6.07, 6.45) is 3.40. The highest BCUT2D eigenvalue weighted by atomic mass is 32.2. The maximum Gasteiger partial charge on any atom is 0.232 e. The molecule has 0 aromatic rings. The summed E-state index contributed by atoms with van der Waals surface area (Å²) in [7, 11) is 0. The van der Waals surface area contributed by atoms with Gasteiger partial charge >= 0.3 is 0 Å². The first-order chi connectivity index (χ1) is 8.81. The fraction of sp³-hybridized carbons (Fsp3) is 0.923. The lowest BCUT2D eigenvalue weighted by Crippen LogP contribution is -2.45. The van der Waals surface area contributed by atoms with Crippen LogP contribution >= 0.6 is 11.8 Å². The predicted molar refractivity (Wildman–Crippen MR) is 75.0 cm³/mol. The Labute approximate surface area is 114 Å². The van der Waals surface area contributed by atoms with Gasteiger partial charge in [0.15, 0.2) is 0 Å². The Hall–Kier alpha value is -0.260. The molecule has 1 amide bonds. The van der Waals surface area contributed by atoms with E-state index in [1.54, 1.807) is 11.8 Å². The highest BCUT2D eigenvalue weighted by molar-refractivity contribution is 8.00. The van der Waals surface area contributed by atoms with Crippen LogP contribution in [0, 0.1) is 0 Å². The van der Waals surface area contributed by atoms with Crippen molar-refractivity contribution in [1.82, 2.24) is 10.2 Å². The van der Waals surface area contributed by atoms with Gasteiger partial charge in [0.2, 0.25) is 5.91 Å². The van der Waals surface area contributed by atoms with E-state index in [1.807, 2.05) is 4.90 Å². The molecule has 2 saturated heterocycles. The number of nitrogens with one attached hydrogen (secondary N) is 1. The van der Waals surface area contributed by atoms with E-state index in [4.69, 9.17) is 4.74 Å². The van der Waals surface area contributed by atoms with Gasteiger partial charge in [-0.1, -0.05) is 6.92 Å². The number of carbonyl (C=O) groups is 1. The summed E-state index contributed by atoms with van der Waals surface area (Å²) in [5, 5.41) is 3.92. The SMILES string of the molecule is CCNC1CCOCC1SCC(=O)N1CCCC1. The van der Waals surface area contributed by atoms with Gasteiger partial charge in [0, 0.05) is 31.0 Å². The number of likely N-dealkylation sites (tertiary alicyclic amines) is 1. The molecule has 1 N–H and O–H groups in total. The van der Waals surface area contributed by atoms with Crippen LogP contribution in [0.4, 0.5) is 0 Å². The lowest BCUT2D eigenvalue weighted by atomic mass is 10.1. The third-order valence-corrected chi connectivity index (χ3v) is 4.96. The second-order valence-electron chi connectivity index (χ2n) is 4.97. The van der Waals surface area contributed by atoms with E-state index < -0.39 is 0 Å². The van der Waals surface area contributed by atoms with Crippen LogP contribution < -0.4 is 5.32 Å². The second kappa shape index (κ2) is 7.36. The minimum atomic E-state index is 0.304. The molecule has 5 heteroatoms. The van der Waals surface area contributed by atoms with Gasteiger partial charge in [-0.15, -0.1) is 11.8 Å². The summed E-state index contributed by atoms with van der Waals surface area (Å²) in [6.45, 7) is 6.65. The molecule has 0 saturated carbocycles. The Bertz CT molecular complexity index is 268. The number of ether oxygens (including phenoxy) is 1. The van der Waals surface area contributed by atoms with Crippen LogP contribution in [0.15, 0.2) is 0 Å². The van der Waals surface area contributed by atoms with Crippen LogP contribution in [0.1, 0.15) is 26.2 Å². The quantitative estimate of drug-likeness (QED) is 0.814. The van der Waals surface area contributed by atoms with Gasteiger partial charge in [0.05, 0.1) is 12.4 Å². The Kier molecular flexibility index (Phi) is 5.79. The molecule has 0 aromatic carbocycles. The molecule has 2 fully saturated rings. The maximum absolute atomic E-state index is 12.0. The number of hydrogen-bond donors (Lipinski definition) is 1. The molecule has 2 unspecified atom stereocenters. The number of rotatable bonds is 5. The molecule has 2 heterocycles. The smallest absolute Gasteiger partial charge is 0.232 e. The first-order valence-corrected chi connectivity index (χ1v) is 8.06. The fourth-order valence-electron chi connectivity index (χ4n) is 2.61. The first kappa shape index (κ1) is 14.2. The van der Waals surface area contributed by atoms with Crippen molar-refractivity contribution >= 4 is 17.7 Å². The highest BCUT2D eigenvalue weighted by Gasteiger charge is 2.27. The highest BCUT2D eigenvalue weighted by Crippen LogP contribution is 2.22. The molecule has 4 nitrogen and oxygen atoms in total. The summed E-state index contributed by atoms with van der Waals surface area (Å²) >= 11 is 1.76. The van der Waals surface area contributed by atoms with Gasteiger partial charge in [-0.3, -0.25) is 4.79 Å². The molecular formula is C13H24N2O2S. The van der Waals surface area contributed by atoms with Crippen molar-refractivity contribution in [3.05, 3.63) is 0 Å². The van der Waals surface area contributed by atoms with Crippen LogP contribution in [0.2, 0.25) is 0 Å². The summed E-state index contributed by atoms with van der Waals surface area (Å²) in [6, 6.07) is 0.500. The lowest BCUT2D eigenvalue weighted by molar-refractivity contribution is -0.127. The molecule has 0 aromatic heterocycles. The monoisotopic (exact) mass is 272 g/mol. The van der Waals surface area contributed by atoms with Gasteiger partial charge < -0.3 is 15.0 Å². The topological polar surface area (TPSA) is 41.6 Å². The van der Waals surface area contributed by atoms with Crippen LogP contribution in [0.5, 0.6) is 0 Å². The van der Waals surface area contributed by atoms with E-state index in [-0.39, 0.29) is 0 Å². The van der Waals surface area contributed by atoms with E-state index in [0.717, 1.165) is 39.3 Å². The number of hydrogen-bond acceptors (Lipinski definition) is 4. The minimum Gasteiger partial charge on any atom is -0.380 e. The van der Waals surface area contributed by atoms with Crippen LogP contribution in [0.25, 0.3) is 0 Å². The molecule has 2 aliphatic rings. The zero-order valence-electron chi connectivity index (χ0n) is 11.2. The summed E-state index contributed by atoms with van der Waals surface area (Å²) < 4.78 is 5.53. The van der Waals surface area contributed by atoms with Crippen molar-refractivity contribution in [2.45, 2.75) is 37.5 Å². The molecule has 0 aliphatic carbocycles. The van der Waals surface area contributed by atoms with Gasteiger partial charge in [-0.05, 0) is 25.8 Å². The minimum absolute atomic E-state index is 0.304. The van der Waals surface area contributed by atoms with Crippen molar-refractivity contribution in [1.29, 1.82) is 0 Å².